The highest BCUT2D eigenvalue weighted by Crippen LogP contribution is 2.35. The first kappa shape index (κ1) is 30.2. The van der Waals surface area contributed by atoms with Crippen LogP contribution in [0.4, 0.5) is 0 Å². The predicted molar refractivity (Wildman–Crippen MR) is 148 cm³/mol. The van der Waals surface area contributed by atoms with Crippen LogP contribution >= 0.6 is 0 Å². The Kier molecular flexibility index (Phi) is 13.6. The summed E-state index contributed by atoms with van der Waals surface area (Å²) in [6.45, 7) is 2.21. The quantitative estimate of drug-likeness (QED) is 0.124. The third kappa shape index (κ3) is 10.4. The van der Waals surface area contributed by atoms with Gasteiger partial charge in [0, 0.05) is 11.0 Å². The molecule has 0 amide bonds. The van der Waals surface area contributed by atoms with Crippen molar-refractivity contribution in [3.05, 3.63) is 66.3 Å². The Bertz CT molecular complexity index is 1080. The van der Waals surface area contributed by atoms with Crippen molar-refractivity contribution < 1.29 is 29.4 Å². The molecule has 2 unspecified atom stereocenters. The van der Waals surface area contributed by atoms with Crippen LogP contribution in [0.25, 0.3) is 0 Å². The molecule has 4 N–H and O–H groups in total. The second kappa shape index (κ2) is 16.6. The summed E-state index contributed by atoms with van der Waals surface area (Å²) >= 11 is 0. The summed E-state index contributed by atoms with van der Waals surface area (Å²) in [5.41, 5.74) is 0.268. The molecule has 0 bridgehead atoms. The first-order chi connectivity index (χ1) is 17.8. The first-order valence-electron chi connectivity index (χ1n) is 13.1. The monoisotopic (exact) mass is 528 g/mol. The number of phenolic OH excluding ortho intramolecular Hbond substituents is 3. The van der Waals surface area contributed by atoms with Crippen LogP contribution in [-0.4, -0.2) is 30.6 Å². The van der Waals surface area contributed by atoms with Gasteiger partial charge in [-0.3, -0.25) is 4.79 Å². The molecule has 6 nitrogen and oxygen atoms in total. The maximum Gasteiger partial charge on any atom is 0.311 e. The van der Waals surface area contributed by atoms with E-state index in [9.17, 15) is 29.4 Å². The summed E-state index contributed by atoms with van der Waals surface area (Å²) in [6, 6.07) is 7.85. The van der Waals surface area contributed by atoms with Crippen molar-refractivity contribution >= 4 is 16.8 Å². The van der Waals surface area contributed by atoms with E-state index in [-0.39, 0.29) is 32.6 Å². The molecule has 0 spiro atoms. The largest absolute Gasteiger partial charge is 0.508 e. The van der Waals surface area contributed by atoms with Crippen molar-refractivity contribution in [3.8, 4) is 17.2 Å². The van der Waals surface area contributed by atoms with Gasteiger partial charge in [-0.1, -0.05) is 63.3 Å². The molecule has 0 saturated carbocycles. The third-order valence-electron chi connectivity index (χ3n) is 6.20. The Hall–Kier alpha value is -3.06. The fourth-order valence-electron chi connectivity index (χ4n) is 4.15. The summed E-state index contributed by atoms with van der Waals surface area (Å²) in [5, 5.41) is 39.6. The van der Waals surface area contributed by atoms with E-state index in [4.69, 9.17) is 0 Å². The van der Waals surface area contributed by atoms with Gasteiger partial charge >= 0.3 is 5.97 Å². The predicted octanol–water partition coefficient (Wildman–Crippen LogP) is 7.56. The summed E-state index contributed by atoms with van der Waals surface area (Å²) in [7, 11) is -1.89. The minimum atomic E-state index is -1.89. The Morgan fingerprint density at radius 3 is 2.03 bits per heavy atom. The van der Waals surface area contributed by atoms with E-state index in [1.807, 2.05) is 0 Å². The number of aliphatic carboxylic acids is 1. The molecule has 0 aliphatic carbocycles. The van der Waals surface area contributed by atoms with Crippen molar-refractivity contribution in [2.45, 2.75) is 93.3 Å². The van der Waals surface area contributed by atoms with E-state index < -0.39 is 22.7 Å². The van der Waals surface area contributed by atoms with Gasteiger partial charge in [-0.05, 0) is 74.4 Å². The van der Waals surface area contributed by atoms with Gasteiger partial charge in [-0.2, -0.15) is 0 Å². The van der Waals surface area contributed by atoms with Crippen LogP contribution in [-0.2, 0) is 15.6 Å². The van der Waals surface area contributed by atoms with E-state index in [0.29, 0.717) is 12.8 Å². The van der Waals surface area contributed by atoms with Gasteiger partial charge in [0.15, 0.2) is 0 Å². The van der Waals surface area contributed by atoms with Crippen LogP contribution in [0.1, 0.15) is 89.0 Å². The van der Waals surface area contributed by atoms with Gasteiger partial charge in [0.05, 0.1) is 21.6 Å². The van der Waals surface area contributed by atoms with Gasteiger partial charge in [-0.15, -0.1) is 0 Å². The van der Waals surface area contributed by atoms with Crippen LogP contribution in [0.2, 0.25) is 0 Å². The summed E-state index contributed by atoms with van der Waals surface area (Å²) in [4.78, 5) is 12.4. The number of hydrogen-bond donors (Lipinski definition) is 4. The standard InChI is InChI=1S/C30H40O6S/c1-2-3-4-5-6-7-8-9-10-11-12-13-14-15-16-25(30(34)35)26-21-23(31)17-19-28(26)37(36)29-20-18-24(32)22-27(29)33/h6-7,9-10,17-22,25,31-33H,2-5,8,11-16H2,1H3,(H,34,35)/b7-6-,10-9-. The van der Waals surface area contributed by atoms with Gasteiger partial charge < -0.3 is 20.4 Å². The number of allylic oxidation sites excluding steroid dienone is 4. The second-order valence-electron chi connectivity index (χ2n) is 9.20. The van der Waals surface area contributed by atoms with E-state index in [1.54, 1.807) is 0 Å². The van der Waals surface area contributed by atoms with E-state index in [1.165, 1.54) is 49.6 Å². The number of phenols is 3. The summed E-state index contributed by atoms with van der Waals surface area (Å²) in [5.74, 6) is -2.61. The lowest BCUT2D eigenvalue weighted by Gasteiger charge is -2.17. The molecule has 37 heavy (non-hydrogen) atoms. The normalized spacial score (nSPS) is 13.3. The maximum atomic E-state index is 13.2. The molecule has 202 valence electrons. The van der Waals surface area contributed by atoms with E-state index in [0.717, 1.165) is 44.6 Å². The number of aromatic hydroxyl groups is 3. The highest BCUT2D eigenvalue weighted by molar-refractivity contribution is 7.85. The molecular formula is C30H40O6S. The number of unbranched alkanes of at least 4 members (excludes halogenated alkanes) is 7. The van der Waals surface area contributed by atoms with Crippen molar-refractivity contribution in [1.29, 1.82) is 0 Å². The Morgan fingerprint density at radius 1 is 0.811 bits per heavy atom. The van der Waals surface area contributed by atoms with Gasteiger partial charge in [0.1, 0.15) is 17.2 Å². The Morgan fingerprint density at radius 2 is 1.41 bits per heavy atom. The highest BCUT2D eigenvalue weighted by atomic mass is 32.2. The zero-order chi connectivity index (χ0) is 27.0. The SMILES string of the molecule is CCCCC/C=C\C/C=C\CCCCCCC(C(=O)O)c1cc(O)ccc1S(=O)c1ccc(O)cc1O. The maximum absolute atomic E-state index is 13.2. The van der Waals surface area contributed by atoms with E-state index in [2.05, 4.69) is 31.2 Å². The van der Waals surface area contributed by atoms with Crippen LogP contribution in [0.5, 0.6) is 17.2 Å². The Balaban J connectivity index is 1.89. The molecule has 0 aliphatic heterocycles. The number of benzene rings is 2. The minimum Gasteiger partial charge on any atom is -0.508 e. The molecule has 0 fully saturated rings. The second-order valence-corrected chi connectivity index (χ2v) is 10.6. The summed E-state index contributed by atoms with van der Waals surface area (Å²) < 4.78 is 13.2. The van der Waals surface area contributed by atoms with Crippen LogP contribution in [0.3, 0.4) is 0 Å². The molecule has 0 heterocycles. The van der Waals surface area contributed by atoms with Crippen molar-refractivity contribution in [1.82, 2.24) is 0 Å². The summed E-state index contributed by atoms with van der Waals surface area (Å²) in [6.07, 6.45) is 19.7. The number of hydrogen-bond acceptors (Lipinski definition) is 5. The molecule has 2 atom stereocenters. The molecule has 7 heteroatoms. The van der Waals surface area contributed by atoms with Crippen molar-refractivity contribution in [3.63, 3.8) is 0 Å². The van der Waals surface area contributed by atoms with Gasteiger partial charge in [-0.25, -0.2) is 4.21 Å². The molecule has 2 aromatic rings. The number of rotatable bonds is 17. The molecule has 0 radical (unpaired) electrons. The van der Waals surface area contributed by atoms with E-state index >= 15 is 0 Å². The molecule has 2 aromatic carbocycles. The van der Waals surface area contributed by atoms with Crippen LogP contribution in [0.15, 0.2) is 70.5 Å². The molecule has 2 rings (SSSR count). The molecule has 0 aliphatic rings. The number of carboxylic acids is 1. The highest BCUT2D eigenvalue weighted by Gasteiger charge is 2.26. The molecular weight excluding hydrogens is 488 g/mol. The lowest BCUT2D eigenvalue weighted by Crippen LogP contribution is -2.14. The minimum absolute atomic E-state index is 0.0638. The van der Waals surface area contributed by atoms with Crippen LogP contribution < -0.4 is 0 Å². The van der Waals surface area contributed by atoms with Gasteiger partial charge in [0.2, 0.25) is 0 Å². The van der Waals surface area contributed by atoms with Crippen molar-refractivity contribution in [2.24, 2.45) is 0 Å². The van der Waals surface area contributed by atoms with Crippen molar-refractivity contribution in [2.75, 3.05) is 0 Å². The Labute approximate surface area is 222 Å². The average Bonchev–Trinajstić information content (AvgIpc) is 2.86. The lowest BCUT2D eigenvalue weighted by molar-refractivity contribution is -0.139. The average molecular weight is 529 g/mol. The molecule has 0 saturated heterocycles. The third-order valence-corrected chi connectivity index (χ3v) is 7.72. The first-order valence-corrected chi connectivity index (χ1v) is 14.3. The zero-order valence-electron chi connectivity index (χ0n) is 21.6. The van der Waals surface area contributed by atoms with Crippen LogP contribution in [0, 0.1) is 0 Å². The molecule has 0 aromatic heterocycles. The lowest BCUT2D eigenvalue weighted by atomic mass is 9.92. The topological polar surface area (TPSA) is 115 Å². The fourth-order valence-corrected chi connectivity index (χ4v) is 5.44. The number of carbonyl (C=O) groups is 1. The zero-order valence-corrected chi connectivity index (χ0v) is 22.5. The smallest absolute Gasteiger partial charge is 0.311 e. The number of carboxylic acid groups (broad SMARTS) is 1. The van der Waals surface area contributed by atoms with Gasteiger partial charge in [0.25, 0.3) is 0 Å². The fraction of sp³-hybridized carbons (Fsp3) is 0.433.